The largest absolute Gasteiger partial charge is 0.313 e. The first-order valence-electron chi connectivity index (χ1n) is 8.94. The van der Waals surface area contributed by atoms with Crippen LogP contribution in [0, 0.1) is 10.6 Å². The molecule has 1 unspecified atom stereocenters. The van der Waals surface area contributed by atoms with Gasteiger partial charge in [0.15, 0.2) is 22.3 Å². The predicted molar refractivity (Wildman–Crippen MR) is 105 cm³/mol. The maximum atomic E-state index is 13.3. The van der Waals surface area contributed by atoms with Crippen molar-refractivity contribution < 1.29 is 17.7 Å². The zero-order valence-electron chi connectivity index (χ0n) is 15.3. The lowest BCUT2D eigenvalue weighted by atomic mass is 10.2. The molecule has 2 atom stereocenters. The van der Waals surface area contributed by atoms with Gasteiger partial charge in [0.05, 0.1) is 12.3 Å². The maximum Gasteiger partial charge on any atom is 0.203 e. The average molecular weight is 412 g/mol. The second-order valence-electron chi connectivity index (χ2n) is 6.78. The lowest BCUT2D eigenvalue weighted by Crippen LogP contribution is -3.15. The number of sulfone groups is 1. The van der Waals surface area contributed by atoms with Crippen molar-refractivity contribution in [3.05, 3.63) is 47.5 Å². The van der Waals surface area contributed by atoms with Crippen molar-refractivity contribution in [2.75, 3.05) is 18.1 Å². The van der Waals surface area contributed by atoms with Crippen molar-refractivity contribution in [3.8, 4) is 11.4 Å². The molecule has 9 heteroatoms. The molecule has 2 heterocycles. The Bertz CT molecular complexity index is 980. The summed E-state index contributed by atoms with van der Waals surface area (Å²) in [5.74, 6) is 0.797. The molecule has 0 spiro atoms. The molecule has 1 aliphatic heterocycles. The predicted octanol–water partition coefficient (Wildman–Crippen LogP) is 1.46. The van der Waals surface area contributed by atoms with E-state index in [9.17, 15) is 12.8 Å². The van der Waals surface area contributed by atoms with Crippen LogP contribution in [0.2, 0.25) is 0 Å². The van der Waals surface area contributed by atoms with E-state index in [-0.39, 0.29) is 23.4 Å². The molecule has 146 valence electrons. The molecule has 3 rings (SSSR count). The second-order valence-corrected chi connectivity index (χ2v) is 9.38. The minimum absolute atomic E-state index is 0.0562. The molecular formula is C18H24FN4O2S2+. The van der Waals surface area contributed by atoms with Gasteiger partial charge in [-0.1, -0.05) is 6.08 Å². The summed E-state index contributed by atoms with van der Waals surface area (Å²) in [6.07, 6.45) is 2.40. The maximum absolute atomic E-state index is 13.3. The van der Waals surface area contributed by atoms with Gasteiger partial charge in [0.25, 0.3) is 0 Å². The number of nitrogens with zero attached hydrogens (tertiary/aromatic N) is 3. The van der Waals surface area contributed by atoms with Gasteiger partial charge in [-0.05, 0) is 43.4 Å². The van der Waals surface area contributed by atoms with Crippen molar-refractivity contribution in [2.45, 2.75) is 32.6 Å². The second kappa shape index (κ2) is 8.04. The van der Waals surface area contributed by atoms with Crippen molar-refractivity contribution in [1.82, 2.24) is 14.3 Å². The van der Waals surface area contributed by atoms with Gasteiger partial charge in [-0.2, -0.15) is 4.68 Å². The van der Waals surface area contributed by atoms with Gasteiger partial charge in [-0.3, -0.25) is 4.57 Å². The van der Waals surface area contributed by atoms with Crippen LogP contribution in [-0.4, -0.2) is 46.9 Å². The van der Waals surface area contributed by atoms with Crippen molar-refractivity contribution in [1.29, 1.82) is 0 Å². The van der Waals surface area contributed by atoms with Crippen molar-refractivity contribution in [3.63, 3.8) is 0 Å². The minimum atomic E-state index is -2.94. The number of benzene rings is 1. The number of nitrogens with one attached hydrogen (secondary N) is 1. The molecule has 1 aliphatic rings. The monoisotopic (exact) mass is 411 g/mol. The lowest BCUT2D eigenvalue weighted by molar-refractivity contribution is -0.943. The van der Waals surface area contributed by atoms with Crippen LogP contribution in [0.5, 0.6) is 0 Å². The normalized spacial score (nSPS) is 19.9. The first-order valence-corrected chi connectivity index (χ1v) is 11.2. The fraction of sp³-hybridized carbons (Fsp3) is 0.444. The fourth-order valence-electron chi connectivity index (χ4n) is 3.49. The Morgan fingerprint density at radius 3 is 2.67 bits per heavy atom. The molecular weight excluding hydrogens is 387 g/mol. The molecule has 6 nitrogen and oxygen atoms in total. The van der Waals surface area contributed by atoms with Gasteiger partial charge in [0.2, 0.25) is 4.77 Å². The molecule has 27 heavy (non-hydrogen) atoms. The van der Waals surface area contributed by atoms with Crippen LogP contribution in [0.3, 0.4) is 0 Å². The lowest BCUT2D eigenvalue weighted by Gasteiger charge is -2.23. The molecule has 2 aromatic rings. The van der Waals surface area contributed by atoms with Gasteiger partial charge in [0, 0.05) is 18.5 Å². The highest BCUT2D eigenvalue weighted by Crippen LogP contribution is 2.19. The summed E-state index contributed by atoms with van der Waals surface area (Å²) >= 11 is 5.60. The number of quaternary nitrogens is 1. The van der Waals surface area contributed by atoms with Crippen LogP contribution < -0.4 is 4.90 Å². The van der Waals surface area contributed by atoms with Crippen LogP contribution in [0.25, 0.3) is 11.4 Å². The number of hydrogen-bond acceptors (Lipinski definition) is 4. The Balaban J connectivity index is 1.93. The molecule has 1 aromatic carbocycles. The molecule has 0 saturated carbocycles. The summed E-state index contributed by atoms with van der Waals surface area (Å²) in [4.78, 5) is 1.14. The molecule has 1 N–H and O–H groups in total. The summed E-state index contributed by atoms with van der Waals surface area (Å²) in [6, 6.07) is 6.18. The summed E-state index contributed by atoms with van der Waals surface area (Å²) < 4.78 is 41.1. The van der Waals surface area contributed by atoms with Crippen molar-refractivity contribution >= 4 is 22.1 Å². The third-order valence-corrected chi connectivity index (χ3v) is 7.15. The van der Waals surface area contributed by atoms with E-state index in [0.717, 1.165) is 17.0 Å². The summed E-state index contributed by atoms with van der Waals surface area (Å²) in [5, 5.41) is 4.66. The van der Waals surface area contributed by atoms with E-state index in [0.29, 0.717) is 30.2 Å². The number of allylic oxidation sites excluding steroid dienone is 1. The van der Waals surface area contributed by atoms with Crippen LogP contribution in [0.1, 0.15) is 13.3 Å². The van der Waals surface area contributed by atoms with E-state index >= 15 is 0 Å². The molecule has 0 radical (unpaired) electrons. The number of hydrogen-bond donors (Lipinski definition) is 1. The molecule has 1 fully saturated rings. The standard InChI is InChI=1S/C18H23FN4O2S2/c1-3-10-22-17(14-5-7-15(19)8-6-14)20-23(18(22)26)13-21(4-2)16-9-11-27(24,25)12-16/h3,5-8,16H,1,4,9-13H2,2H3/p+1/t16-/m1/s1. The minimum Gasteiger partial charge on any atom is -0.313 e. The van der Waals surface area contributed by atoms with Gasteiger partial charge >= 0.3 is 0 Å². The molecule has 0 amide bonds. The van der Waals surface area contributed by atoms with Crippen LogP contribution in [-0.2, 0) is 23.1 Å². The van der Waals surface area contributed by atoms with Crippen LogP contribution >= 0.6 is 12.2 Å². The third-order valence-electron chi connectivity index (χ3n) is 4.95. The van der Waals surface area contributed by atoms with Gasteiger partial charge in [-0.15, -0.1) is 11.7 Å². The molecule has 1 saturated heterocycles. The zero-order valence-corrected chi connectivity index (χ0v) is 16.9. The summed E-state index contributed by atoms with van der Waals surface area (Å²) in [5.41, 5.74) is 0.768. The number of halogens is 1. The Morgan fingerprint density at radius 2 is 2.11 bits per heavy atom. The van der Waals surface area contributed by atoms with E-state index in [4.69, 9.17) is 12.2 Å². The van der Waals surface area contributed by atoms with E-state index in [1.165, 1.54) is 12.1 Å². The fourth-order valence-corrected chi connectivity index (χ4v) is 5.58. The molecule has 0 bridgehead atoms. The molecule has 0 aliphatic carbocycles. The average Bonchev–Trinajstić information content (AvgIpc) is 3.14. The highest BCUT2D eigenvalue weighted by atomic mass is 32.2. The highest BCUT2D eigenvalue weighted by Gasteiger charge is 2.35. The zero-order chi connectivity index (χ0) is 19.6. The Hall–Kier alpha value is -1.84. The van der Waals surface area contributed by atoms with Crippen LogP contribution in [0.15, 0.2) is 36.9 Å². The summed E-state index contributed by atoms with van der Waals surface area (Å²) in [6.45, 7) is 7.57. The van der Waals surface area contributed by atoms with Crippen LogP contribution in [0.4, 0.5) is 4.39 Å². The van der Waals surface area contributed by atoms with E-state index in [1.807, 2.05) is 11.5 Å². The van der Waals surface area contributed by atoms with E-state index in [2.05, 4.69) is 11.7 Å². The SMILES string of the molecule is C=CCn1c(-c2ccc(F)cc2)nn(C[NH+](CC)[C@@H]2CCS(=O)(=O)C2)c1=S. The van der Waals surface area contributed by atoms with E-state index < -0.39 is 9.84 Å². The van der Waals surface area contributed by atoms with Gasteiger partial charge in [0.1, 0.15) is 17.6 Å². The number of aromatic nitrogens is 3. The Labute approximate surface area is 163 Å². The highest BCUT2D eigenvalue weighted by molar-refractivity contribution is 7.91. The smallest absolute Gasteiger partial charge is 0.203 e. The van der Waals surface area contributed by atoms with Gasteiger partial charge < -0.3 is 4.90 Å². The molecule has 1 aromatic heterocycles. The summed E-state index contributed by atoms with van der Waals surface area (Å²) in [7, 11) is -2.94. The first kappa shape index (κ1) is 19.9. The Kier molecular flexibility index (Phi) is 5.92. The van der Waals surface area contributed by atoms with E-state index in [1.54, 1.807) is 22.9 Å². The first-order chi connectivity index (χ1) is 12.8. The quantitative estimate of drug-likeness (QED) is 0.554. The van der Waals surface area contributed by atoms with Crippen molar-refractivity contribution in [2.24, 2.45) is 0 Å². The third kappa shape index (κ3) is 4.36. The van der Waals surface area contributed by atoms with Gasteiger partial charge in [-0.25, -0.2) is 12.8 Å². The topological polar surface area (TPSA) is 61.3 Å². The Morgan fingerprint density at radius 1 is 1.41 bits per heavy atom. The number of rotatable bonds is 7.